The molecule has 98 valence electrons. The quantitative estimate of drug-likeness (QED) is 0.872. The van der Waals surface area contributed by atoms with Gasteiger partial charge in [-0.2, -0.15) is 0 Å². The fraction of sp³-hybridized carbons (Fsp3) is 0.538. The molecule has 5 heteroatoms. The van der Waals surface area contributed by atoms with Gasteiger partial charge in [0, 0.05) is 25.8 Å². The zero-order valence-electron chi connectivity index (χ0n) is 10.8. The van der Waals surface area contributed by atoms with E-state index in [0.29, 0.717) is 11.9 Å². The molecule has 18 heavy (non-hydrogen) atoms. The summed E-state index contributed by atoms with van der Waals surface area (Å²) < 4.78 is 0. The molecule has 0 saturated carbocycles. The molecule has 1 aliphatic heterocycles. The number of carboxylic acid groups (broad SMARTS) is 1. The Morgan fingerprint density at radius 2 is 2.44 bits per heavy atom. The number of aromatic carboxylic acids is 1. The Morgan fingerprint density at radius 3 is 3.06 bits per heavy atom. The maximum Gasteiger partial charge on any atom is 0.339 e. The van der Waals surface area contributed by atoms with Gasteiger partial charge in [-0.05, 0) is 38.6 Å². The smallest absolute Gasteiger partial charge is 0.339 e. The van der Waals surface area contributed by atoms with E-state index in [1.165, 1.54) is 6.42 Å². The SMILES string of the molecule is CN(CC1CCCN1C)c1ncccc1C(=O)O. The molecule has 1 N–H and O–H groups in total. The molecule has 1 unspecified atom stereocenters. The highest BCUT2D eigenvalue weighted by Crippen LogP contribution is 2.20. The normalized spacial score (nSPS) is 20.0. The molecule has 0 amide bonds. The Balaban J connectivity index is 2.13. The Labute approximate surface area is 107 Å². The molecule has 2 rings (SSSR count). The van der Waals surface area contributed by atoms with Crippen molar-refractivity contribution in [1.29, 1.82) is 0 Å². The topological polar surface area (TPSA) is 56.7 Å². The van der Waals surface area contributed by atoms with Gasteiger partial charge in [-0.3, -0.25) is 0 Å². The van der Waals surface area contributed by atoms with Crippen LogP contribution in [0.15, 0.2) is 18.3 Å². The van der Waals surface area contributed by atoms with Crippen LogP contribution in [0.3, 0.4) is 0 Å². The zero-order chi connectivity index (χ0) is 13.1. The third-order valence-corrected chi connectivity index (χ3v) is 3.53. The highest BCUT2D eigenvalue weighted by atomic mass is 16.4. The standard InChI is InChI=1S/C13H19N3O2/c1-15-8-4-5-10(15)9-16(2)12-11(13(17)18)6-3-7-14-12/h3,6-7,10H,4-5,8-9H2,1-2H3,(H,17,18). The number of carbonyl (C=O) groups is 1. The number of aromatic nitrogens is 1. The van der Waals surface area contributed by atoms with E-state index < -0.39 is 5.97 Å². The highest BCUT2D eigenvalue weighted by Gasteiger charge is 2.24. The van der Waals surface area contributed by atoms with E-state index in [0.717, 1.165) is 19.5 Å². The minimum atomic E-state index is -0.926. The van der Waals surface area contributed by atoms with Gasteiger partial charge in [0.15, 0.2) is 0 Å². The second-order valence-corrected chi connectivity index (χ2v) is 4.84. The Bertz CT molecular complexity index is 436. The summed E-state index contributed by atoms with van der Waals surface area (Å²) in [6, 6.07) is 3.74. The van der Waals surface area contributed by atoms with Gasteiger partial charge in [-0.1, -0.05) is 0 Å². The first-order valence-corrected chi connectivity index (χ1v) is 6.19. The summed E-state index contributed by atoms with van der Waals surface area (Å²) in [5.41, 5.74) is 0.264. The third-order valence-electron chi connectivity index (χ3n) is 3.53. The van der Waals surface area contributed by atoms with E-state index in [4.69, 9.17) is 5.11 Å². The van der Waals surface area contributed by atoms with Crippen molar-refractivity contribution in [2.75, 3.05) is 32.1 Å². The van der Waals surface area contributed by atoms with Gasteiger partial charge in [0.25, 0.3) is 0 Å². The molecule has 1 aromatic heterocycles. The lowest BCUT2D eigenvalue weighted by molar-refractivity contribution is 0.0697. The van der Waals surface area contributed by atoms with Crippen LogP contribution in [0.2, 0.25) is 0 Å². The van der Waals surface area contributed by atoms with Crippen LogP contribution >= 0.6 is 0 Å². The number of pyridine rings is 1. The monoisotopic (exact) mass is 249 g/mol. The average molecular weight is 249 g/mol. The van der Waals surface area contributed by atoms with Crippen LogP contribution in [-0.2, 0) is 0 Å². The van der Waals surface area contributed by atoms with Gasteiger partial charge in [-0.25, -0.2) is 9.78 Å². The number of anilines is 1. The summed E-state index contributed by atoms with van der Waals surface area (Å²) in [4.78, 5) is 19.6. The first-order valence-electron chi connectivity index (χ1n) is 6.19. The highest BCUT2D eigenvalue weighted by molar-refractivity contribution is 5.93. The number of likely N-dealkylation sites (tertiary alicyclic amines) is 1. The number of likely N-dealkylation sites (N-methyl/N-ethyl adjacent to an activating group) is 2. The van der Waals surface area contributed by atoms with Crippen LogP contribution in [0.25, 0.3) is 0 Å². The van der Waals surface area contributed by atoms with Gasteiger partial charge in [0.2, 0.25) is 0 Å². The molecule has 0 aliphatic carbocycles. The Kier molecular flexibility index (Phi) is 3.81. The third kappa shape index (κ3) is 2.61. The molecule has 1 aromatic rings. The molecule has 0 bridgehead atoms. The van der Waals surface area contributed by atoms with E-state index >= 15 is 0 Å². The Hall–Kier alpha value is -1.62. The number of nitrogens with zero attached hydrogens (tertiary/aromatic N) is 3. The lowest BCUT2D eigenvalue weighted by Gasteiger charge is -2.27. The summed E-state index contributed by atoms with van der Waals surface area (Å²) in [7, 11) is 4.02. The summed E-state index contributed by atoms with van der Waals surface area (Å²) in [5.74, 6) is -0.380. The largest absolute Gasteiger partial charge is 0.478 e. The van der Waals surface area contributed by atoms with Gasteiger partial charge in [-0.15, -0.1) is 0 Å². The van der Waals surface area contributed by atoms with E-state index in [9.17, 15) is 4.79 Å². The first kappa shape index (κ1) is 12.8. The maximum atomic E-state index is 11.2. The predicted molar refractivity (Wildman–Crippen MR) is 70.1 cm³/mol. The molecular weight excluding hydrogens is 230 g/mol. The predicted octanol–water partition coefficient (Wildman–Crippen LogP) is 1.31. The molecule has 1 atom stereocenters. The van der Waals surface area contributed by atoms with Crippen LogP contribution in [0, 0.1) is 0 Å². The molecular formula is C13H19N3O2. The second-order valence-electron chi connectivity index (χ2n) is 4.84. The molecule has 0 aromatic carbocycles. The summed E-state index contributed by atoms with van der Waals surface area (Å²) in [5, 5.41) is 9.15. The number of carboxylic acids is 1. The van der Waals surface area contributed by atoms with Crippen molar-refractivity contribution < 1.29 is 9.90 Å². The van der Waals surface area contributed by atoms with Gasteiger partial charge < -0.3 is 14.9 Å². The first-order chi connectivity index (χ1) is 8.59. The molecule has 0 spiro atoms. The van der Waals surface area contributed by atoms with Gasteiger partial charge in [0.05, 0.1) is 0 Å². The van der Waals surface area contributed by atoms with Crippen LogP contribution in [-0.4, -0.2) is 54.2 Å². The number of rotatable bonds is 4. The van der Waals surface area contributed by atoms with Crippen molar-refractivity contribution >= 4 is 11.8 Å². The van der Waals surface area contributed by atoms with Crippen molar-refractivity contribution in [2.24, 2.45) is 0 Å². The fourth-order valence-electron chi connectivity index (χ4n) is 2.48. The van der Waals surface area contributed by atoms with Crippen molar-refractivity contribution in [2.45, 2.75) is 18.9 Å². The zero-order valence-corrected chi connectivity index (χ0v) is 10.8. The Morgan fingerprint density at radius 1 is 1.67 bits per heavy atom. The van der Waals surface area contributed by atoms with E-state index in [1.807, 2.05) is 11.9 Å². The summed E-state index contributed by atoms with van der Waals surface area (Å²) >= 11 is 0. The lowest BCUT2D eigenvalue weighted by atomic mass is 10.2. The van der Waals surface area contributed by atoms with E-state index in [2.05, 4.69) is 16.9 Å². The van der Waals surface area contributed by atoms with E-state index in [-0.39, 0.29) is 5.56 Å². The number of hydrogen-bond acceptors (Lipinski definition) is 4. The molecule has 1 aliphatic rings. The minimum Gasteiger partial charge on any atom is -0.478 e. The summed E-state index contributed by atoms with van der Waals surface area (Å²) in [6.07, 6.45) is 4.01. The molecule has 1 saturated heterocycles. The molecule has 1 fully saturated rings. The van der Waals surface area contributed by atoms with Gasteiger partial charge in [0.1, 0.15) is 11.4 Å². The van der Waals surface area contributed by atoms with Crippen LogP contribution in [0.4, 0.5) is 5.82 Å². The van der Waals surface area contributed by atoms with E-state index in [1.54, 1.807) is 18.3 Å². The fourth-order valence-corrected chi connectivity index (χ4v) is 2.48. The average Bonchev–Trinajstić information content (AvgIpc) is 2.75. The van der Waals surface area contributed by atoms with Crippen molar-refractivity contribution in [3.8, 4) is 0 Å². The van der Waals surface area contributed by atoms with Gasteiger partial charge >= 0.3 is 5.97 Å². The minimum absolute atomic E-state index is 0.264. The molecule has 0 radical (unpaired) electrons. The summed E-state index contributed by atoms with van der Waals surface area (Å²) in [6.45, 7) is 1.93. The second kappa shape index (κ2) is 5.35. The number of hydrogen-bond donors (Lipinski definition) is 1. The van der Waals surface area contributed by atoms with Crippen LogP contribution in [0.1, 0.15) is 23.2 Å². The molecule has 5 nitrogen and oxygen atoms in total. The van der Waals surface area contributed by atoms with Crippen molar-refractivity contribution in [3.63, 3.8) is 0 Å². The van der Waals surface area contributed by atoms with Crippen molar-refractivity contribution in [3.05, 3.63) is 23.9 Å². The van der Waals surface area contributed by atoms with Crippen LogP contribution in [0.5, 0.6) is 0 Å². The van der Waals surface area contributed by atoms with Crippen LogP contribution < -0.4 is 4.90 Å². The maximum absolute atomic E-state index is 11.2. The van der Waals surface area contributed by atoms with Crippen molar-refractivity contribution in [1.82, 2.24) is 9.88 Å². The molecule has 2 heterocycles. The lowest BCUT2D eigenvalue weighted by Crippen LogP contribution is -2.37.